The zero-order valence-electron chi connectivity index (χ0n) is 18.4. The summed E-state index contributed by atoms with van der Waals surface area (Å²) < 4.78 is 41.4. The SMILES string of the molecule is Cc1ccc(F)cc1S(=O)(=O)N1CCC(c2nc(N(C)C)ncc2C(=O)NC(C)C)C1. The Morgan fingerprint density at radius 2 is 2.03 bits per heavy atom. The average molecular weight is 450 g/mol. The Kier molecular flexibility index (Phi) is 6.61. The van der Waals surface area contributed by atoms with Crippen LogP contribution in [0.1, 0.15) is 47.8 Å². The van der Waals surface area contributed by atoms with Crippen LogP contribution < -0.4 is 10.2 Å². The normalized spacial score (nSPS) is 17.2. The molecule has 3 rings (SSSR count). The molecule has 0 aliphatic carbocycles. The number of nitrogens with one attached hydrogen (secondary N) is 1. The van der Waals surface area contributed by atoms with Crippen LogP contribution in [0.2, 0.25) is 0 Å². The number of sulfonamides is 1. The summed E-state index contributed by atoms with van der Waals surface area (Å²) in [6.07, 6.45) is 1.99. The fourth-order valence-electron chi connectivity index (χ4n) is 3.59. The quantitative estimate of drug-likeness (QED) is 0.727. The van der Waals surface area contributed by atoms with Crippen LogP contribution in [-0.4, -0.2) is 61.8 Å². The molecule has 1 aliphatic heterocycles. The molecule has 1 fully saturated rings. The van der Waals surface area contributed by atoms with Gasteiger partial charge in [-0.1, -0.05) is 6.07 Å². The maximum atomic E-state index is 13.7. The number of aryl methyl sites for hydroxylation is 1. The Bertz CT molecular complexity index is 1090. The number of hydrogen-bond acceptors (Lipinski definition) is 6. The molecule has 1 aromatic heterocycles. The van der Waals surface area contributed by atoms with Gasteiger partial charge >= 0.3 is 0 Å². The number of hydrogen-bond donors (Lipinski definition) is 1. The van der Waals surface area contributed by atoms with Crippen LogP contribution in [0.5, 0.6) is 0 Å². The Hall–Kier alpha value is -2.59. The zero-order chi connectivity index (χ0) is 22.9. The lowest BCUT2D eigenvalue weighted by atomic mass is 9.99. The van der Waals surface area contributed by atoms with Gasteiger partial charge in [-0.2, -0.15) is 4.31 Å². The van der Waals surface area contributed by atoms with Crippen LogP contribution in [0.25, 0.3) is 0 Å². The van der Waals surface area contributed by atoms with Gasteiger partial charge in [-0.3, -0.25) is 4.79 Å². The summed E-state index contributed by atoms with van der Waals surface area (Å²) in [6.45, 7) is 5.78. The van der Waals surface area contributed by atoms with Gasteiger partial charge in [0.25, 0.3) is 5.91 Å². The summed E-state index contributed by atoms with van der Waals surface area (Å²) in [7, 11) is -0.279. The minimum Gasteiger partial charge on any atom is -0.350 e. The molecule has 8 nitrogen and oxygen atoms in total. The van der Waals surface area contributed by atoms with Gasteiger partial charge in [0, 0.05) is 45.3 Å². The van der Waals surface area contributed by atoms with E-state index in [0.717, 1.165) is 6.07 Å². The maximum Gasteiger partial charge on any atom is 0.254 e. The van der Waals surface area contributed by atoms with E-state index in [4.69, 9.17) is 0 Å². The predicted octanol–water partition coefficient (Wildman–Crippen LogP) is 2.31. The fourth-order valence-corrected chi connectivity index (χ4v) is 5.32. The first-order valence-electron chi connectivity index (χ1n) is 10.1. The number of benzene rings is 1. The van der Waals surface area contributed by atoms with Gasteiger partial charge in [0.15, 0.2) is 0 Å². The number of carbonyl (C=O) groups excluding carboxylic acids is 1. The van der Waals surface area contributed by atoms with Gasteiger partial charge in [-0.15, -0.1) is 0 Å². The lowest BCUT2D eigenvalue weighted by molar-refractivity contribution is 0.0941. The number of halogens is 1. The second kappa shape index (κ2) is 8.88. The van der Waals surface area contributed by atoms with Crippen molar-refractivity contribution in [3.63, 3.8) is 0 Å². The van der Waals surface area contributed by atoms with Crippen molar-refractivity contribution >= 4 is 21.9 Å². The minimum atomic E-state index is -3.87. The summed E-state index contributed by atoms with van der Waals surface area (Å²) in [5.74, 6) is -0.729. The topological polar surface area (TPSA) is 95.5 Å². The van der Waals surface area contributed by atoms with Crippen molar-refractivity contribution in [2.24, 2.45) is 0 Å². The van der Waals surface area contributed by atoms with Crippen LogP contribution in [0, 0.1) is 12.7 Å². The second-order valence-corrected chi connectivity index (χ2v) is 10.2. The largest absolute Gasteiger partial charge is 0.350 e. The van der Waals surface area contributed by atoms with Gasteiger partial charge in [0.2, 0.25) is 16.0 Å². The Morgan fingerprint density at radius 1 is 1.32 bits per heavy atom. The molecule has 1 aliphatic rings. The molecule has 0 spiro atoms. The molecule has 0 bridgehead atoms. The first-order valence-corrected chi connectivity index (χ1v) is 11.6. The number of carbonyl (C=O) groups is 1. The Labute approximate surface area is 182 Å². The van der Waals surface area contributed by atoms with E-state index in [1.807, 2.05) is 13.8 Å². The van der Waals surface area contributed by atoms with Crippen molar-refractivity contribution in [3.05, 3.63) is 47.0 Å². The van der Waals surface area contributed by atoms with Crippen LogP contribution >= 0.6 is 0 Å². The lowest BCUT2D eigenvalue weighted by Crippen LogP contribution is -2.32. The van der Waals surface area contributed by atoms with E-state index in [2.05, 4.69) is 15.3 Å². The molecule has 2 aromatic rings. The van der Waals surface area contributed by atoms with E-state index in [-0.39, 0.29) is 35.9 Å². The van der Waals surface area contributed by atoms with E-state index < -0.39 is 15.8 Å². The standard InChI is InChI=1S/C21H28FN5O3S/c1-13(2)24-20(28)17-11-23-21(26(4)5)25-19(17)15-8-9-27(12-15)31(29,30)18-10-16(22)7-6-14(18)3/h6-7,10-11,13,15H,8-9,12H2,1-5H3,(H,24,28). The monoisotopic (exact) mass is 449 g/mol. The zero-order valence-corrected chi connectivity index (χ0v) is 19.2. The van der Waals surface area contributed by atoms with Gasteiger partial charge in [0.1, 0.15) is 5.82 Å². The first-order chi connectivity index (χ1) is 14.5. The lowest BCUT2D eigenvalue weighted by Gasteiger charge is -2.20. The highest BCUT2D eigenvalue weighted by Gasteiger charge is 2.36. The molecule has 1 amide bonds. The van der Waals surface area contributed by atoms with E-state index in [1.54, 1.807) is 25.9 Å². The van der Waals surface area contributed by atoms with Crippen molar-refractivity contribution in [2.45, 2.75) is 44.0 Å². The van der Waals surface area contributed by atoms with Gasteiger partial charge in [0.05, 0.1) is 16.2 Å². The molecule has 2 heterocycles. The predicted molar refractivity (Wildman–Crippen MR) is 116 cm³/mol. The third kappa shape index (κ3) is 4.85. The van der Waals surface area contributed by atoms with E-state index in [9.17, 15) is 17.6 Å². The van der Waals surface area contributed by atoms with E-state index in [0.29, 0.717) is 29.2 Å². The van der Waals surface area contributed by atoms with E-state index in [1.165, 1.54) is 22.6 Å². The molecule has 10 heteroatoms. The molecule has 1 N–H and O–H groups in total. The molecular formula is C21H28FN5O3S. The van der Waals surface area contributed by atoms with Crippen molar-refractivity contribution in [2.75, 3.05) is 32.1 Å². The third-order valence-corrected chi connectivity index (χ3v) is 7.18. The molecule has 1 saturated heterocycles. The number of aromatic nitrogens is 2. The van der Waals surface area contributed by atoms with Gasteiger partial charge in [-0.25, -0.2) is 22.8 Å². The number of nitrogens with zero attached hydrogens (tertiary/aromatic N) is 4. The van der Waals surface area contributed by atoms with Gasteiger partial charge < -0.3 is 10.2 Å². The van der Waals surface area contributed by atoms with Crippen LogP contribution in [0.4, 0.5) is 10.3 Å². The first kappa shape index (κ1) is 23.1. The molecule has 1 atom stereocenters. The molecule has 168 valence electrons. The number of amides is 1. The highest BCUT2D eigenvalue weighted by Crippen LogP contribution is 2.33. The van der Waals surface area contributed by atoms with Crippen LogP contribution in [0.3, 0.4) is 0 Å². The highest BCUT2D eigenvalue weighted by molar-refractivity contribution is 7.89. The van der Waals surface area contributed by atoms with Crippen molar-refractivity contribution in [3.8, 4) is 0 Å². The molecular weight excluding hydrogens is 421 g/mol. The smallest absolute Gasteiger partial charge is 0.254 e. The Balaban J connectivity index is 1.95. The van der Waals surface area contributed by atoms with Crippen LogP contribution in [0.15, 0.2) is 29.3 Å². The van der Waals surface area contributed by atoms with Crippen molar-refractivity contribution < 1.29 is 17.6 Å². The number of rotatable bonds is 6. The summed E-state index contributed by atoms with van der Waals surface area (Å²) in [5, 5.41) is 2.85. The molecule has 1 unspecified atom stereocenters. The Morgan fingerprint density at radius 3 is 2.68 bits per heavy atom. The maximum absolute atomic E-state index is 13.7. The third-order valence-electron chi connectivity index (χ3n) is 5.18. The highest BCUT2D eigenvalue weighted by atomic mass is 32.2. The summed E-state index contributed by atoms with van der Waals surface area (Å²) in [6, 6.07) is 3.68. The average Bonchev–Trinajstić information content (AvgIpc) is 3.19. The number of anilines is 1. The molecule has 0 saturated carbocycles. The molecule has 31 heavy (non-hydrogen) atoms. The minimum absolute atomic E-state index is 0.0393. The second-order valence-electron chi connectivity index (χ2n) is 8.25. The van der Waals surface area contributed by atoms with E-state index >= 15 is 0 Å². The molecule has 0 radical (unpaired) electrons. The van der Waals surface area contributed by atoms with Crippen molar-refractivity contribution in [1.29, 1.82) is 0 Å². The van der Waals surface area contributed by atoms with Gasteiger partial charge in [-0.05, 0) is 44.9 Å². The summed E-state index contributed by atoms with van der Waals surface area (Å²) in [5.41, 5.74) is 1.34. The molecule has 1 aromatic carbocycles. The fraction of sp³-hybridized carbons (Fsp3) is 0.476. The van der Waals surface area contributed by atoms with Crippen molar-refractivity contribution in [1.82, 2.24) is 19.6 Å². The van der Waals surface area contributed by atoms with Crippen LogP contribution in [-0.2, 0) is 10.0 Å². The summed E-state index contributed by atoms with van der Waals surface area (Å²) >= 11 is 0. The summed E-state index contributed by atoms with van der Waals surface area (Å²) in [4.78, 5) is 23.2.